The van der Waals surface area contributed by atoms with Crippen LogP contribution in [0.15, 0.2) is 46.0 Å². The van der Waals surface area contributed by atoms with Crippen molar-refractivity contribution < 1.29 is 23.1 Å². The fourth-order valence-electron chi connectivity index (χ4n) is 2.10. The highest BCUT2D eigenvalue weighted by atomic mass is 32.2. The number of carbonyl (C=O) groups is 2. The summed E-state index contributed by atoms with van der Waals surface area (Å²) in [5.41, 5.74) is 0.952. The minimum absolute atomic E-state index is 0.151. The lowest BCUT2D eigenvalue weighted by Gasteiger charge is -2.13. The van der Waals surface area contributed by atoms with Crippen LogP contribution in [0.1, 0.15) is 22.8 Å². The van der Waals surface area contributed by atoms with Gasteiger partial charge in [0.2, 0.25) is 5.91 Å². The van der Waals surface area contributed by atoms with E-state index in [1.54, 1.807) is 23.6 Å². The second kappa shape index (κ2) is 8.24. The lowest BCUT2D eigenvalue weighted by Crippen LogP contribution is -2.45. The van der Waals surface area contributed by atoms with Gasteiger partial charge in [-0.3, -0.25) is 4.79 Å². The molecule has 2 aromatic rings. The smallest absolute Gasteiger partial charge is 0.335 e. The maximum Gasteiger partial charge on any atom is 0.335 e. The number of rotatable bonds is 8. The molecule has 1 aromatic carbocycles. The molecule has 1 atom stereocenters. The predicted molar refractivity (Wildman–Crippen MR) is 94.2 cm³/mol. The van der Waals surface area contributed by atoms with Crippen LogP contribution in [0.25, 0.3) is 0 Å². The molecular formula is C16H18N2O5S2. The molecule has 3 N–H and O–H groups in total. The zero-order valence-corrected chi connectivity index (χ0v) is 15.1. The number of amides is 1. The van der Waals surface area contributed by atoms with E-state index in [1.807, 2.05) is 0 Å². The van der Waals surface area contributed by atoms with Crippen LogP contribution < -0.4 is 10.0 Å². The minimum atomic E-state index is -3.71. The third kappa shape index (κ3) is 5.38. The summed E-state index contributed by atoms with van der Waals surface area (Å²) in [5.74, 6) is -1.46. The maximum absolute atomic E-state index is 12.1. The number of carbonyl (C=O) groups excluding carboxylic acids is 1. The Morgan fingerprint density at radius 3 is 2.64 bits per heavy atom. The molecule has 0 saturated heterocycles. The van der Waals surface area contributed by atoms with E-state index in [4.69, 9.17) is 5.11 Å². The first-order valence-electron chi connectivity index (χ1n) is 7.45. The van der Waals surface area contributed by atoms with E-state index in [-0.39, 0.29) is 16.3 Å². The van der Waals surface area contributed by atoms with Gasteiger partial charge >= 0.3 is 5.97 Å². The lowest BCUT2D eigenvalue weighted by molar-refractivity contribution is -0.122. The van der Waals surface area contributed by atoms with E-state index < -0.39 is 27.9 Å². The van der Waals surface area contributed by atoms with Gasteiger partial charge in [-0.05, 0) is 42.5 Å². The van der Waals surface area contributed by atoms with Crippen LogP contribution in [-0.4, -0.2) is 38.0 Å². The molecule has 134 valence electrons. The second-order valence-corrected chi connectivity index (χ2v) is 8.21. The summed E-state index contributed by atoms with van der Waals surface area (Å²) in [6.07, 6.45) is 0.442. The third-order valence-corrected chi connectivity index (χ3v) is 6.31. The number of carboxylic acid groups (broad SMARTS) is 1. The summed E-state index contributed by atoms with van der Waals surface area (Å²) >= 11 is 1.07. The Labute approximate surface area is 149 Å². The normalized spacial score (nSPS) is 12.5. The van der Waals surface area contributed by atoms with Crippen molar-refractivity contribution in [2.24, 2.45) is 0 Å². The van der Waals surface area contributed by atoms with Gasteiger partial charge in [0.15, 0.2) is 0 Å². The van der Waals surface area contributed by atoms with E-state index in [0.29, 0.717) is 6.42 Å². The van der Waals surface area contributed by atoms with Crippen LogP contribution in [0.2, 0.25) is 0 Å². The number of benzene rings is 1. The van der Waals surface area contributed by atoms with E-state index in [9.17, 15) is 18.0 Å². The highest BCUT2D eigenvalue weighted by Gasteiger charge is 2.22. The molecule has 1 unspecified atom stereocenters. The Morgan fingerprint density at radius 1 is 1.24 bits per heavy atom. The molecule has 0 aliphatic heterocycles. The molecule has 9 heteroatoms. The molecule has 0 saturated carbocycles. The molecular weight excluding hydrogens is 364 g/mol. The Kier molecular flexibility index (Phi) is 6.29. The highest BCUT2D eigenvalue weighted by molar-refractivity contribution is 7.91. The van der Waals surface area contributed by atoms with Gasteiger partial charge in [-0.25, -0.2) is 13.2 Å². The summed E-state index contributed by atoms with van der Waals surface area (Å²) in [6.45, 7) is 1.73. The Balaban J connectivity index is 1.86. The van der Waals surface area contributed by atoms with Crippen LogP contribution in [-0.2, 0) is 21.2 Å². The number of hydrogen-bond acceptors (Lipinski definition) is 5. The van der Waals surface area contributed by atoms with Crippen molar-refractivity contribution in [3.63, 3.8) is 0 Å². The summed E-state index contributed by atoms with van der Waals surface area (Å²) in [5, 5.41) is 13.2. The highest BCUT2D eigenvalue weighted by Crippen LogP contribution is 2.15. The van der Waals surface area contributed by atoms with Crippen molar-refractivity contribution in [3.8, 4) is 0 Å². The van der Waals surface area contributed by atoms with Crippen molar-refractivity contribution in [1.29, 1.82) is 0 Å². The summed E-state index contributed by atoms with van der Waals surface area (Å²) < 4.78 is 26.6. The maximum atomic E-state index is 12.1. The minimum Gasteiger partial charge on any atom is -0.478 e. The number of aromatic carboxylic acids is 1. The molecule has 1 aromatic heterocycles. The number of nitrogens with one attached hydrogen (secondary N) is 2. The summed E-state index contributed by atoms with van der Waals surface area (Å²) in [7, 11) is -3.71. The van der Waals surface area contributed by atoms with Crippen LogP contribution in [0.4, 0.5) is 0 Å². The molecule has 0 aliphatic carbocycles. The second-order valence-electron chi connectivity index (χ2n) is 5.32. The van der Waals surface area contributed by atoms with Gasteiger partial charge in [0.05, 0.1) is 11.6 Å². The zero-order chi connectivity index (χ0) is 18.4. The van der Waals surface area contributed by atoms with E-state index >= 15 is 0 Å². The molecule has 0 aliphatic rings. The molecule has 7 nitrogen and oxygen atoms in total. The third-order valence-electron chi connectivity index (χ3n) is 3.37. The topological polar surface area (TPSA) is 113 Å². The van der Waals surface area contributed by atoms with Gasteiger partial charge in [-0.1, -0.05) is 18.2 Å². The SMILES string of the molecule is CC(NS(=O)(=O)c1cccs1)C(=O)NCCc1cccc(C(=O)O)c1. The van der Waals surface area contributed by atoms with E-state index in [1.165, 1.54) is 25.1 Å². The standard InChI is InChI=1S/C16H18N2O5S2/c1-11(18-25(22,23)14-6-3-9-24-14)15(19)17-8-7-12-4-2-5-13(10-12)16(20)21/h2-6,9-11,18H,7-8H2,1H3,(H,17,19)(H,20,21). The Morgan fingerprint density at radius 2 is 2.00 bits per heavy atom. The fourth-order valence-corrected chi connectivity index (χ4v) is 4.32. The van der Waals surface area contributed by atoms with Crippen molar-refractivity contribution in [1.82, 2.24) is 10.0 Å². The molecule has 0 bridgehead atoms. The molecule has 1 heterocycles. The largest absolute Gasteiger partial charge is 0.478 e. The van der Waals surface area contributed by atoms with Gasteiger partial charge in [0.25, 0.3) is 10.0 Å². The van der Waals surface area contributed by atoms with E-state index in [0.717, 1.165) is 16.9 Å². The molecule has 25 heavy (non-hydrogen) atoms. The Hall–Kier alpha value is -2.23. The van der Waals surface area contributed by atoms with Gasteiger partial charge in [-0.15, -0.1) is 11.3 Å². The predicted octanol–water partition coefficient (Wildman–Crippen LogP) is 1.47. The van der Waals surface area contributed by atoms with Crippen molar-refractivity contribution in [2.75, 3.05) is 6.54 Å². The summed E-state index contributed by atoms with van der Waals surface area (Å²) in [6, 6.07) is 8.60. The Bertz CT molecular complexity index is 847. The van der Waals surface area contributed by atoms with Crippen molar-refractivity contribution in [2.45, 2.75) is 23.6 Å². The van der Waals surface area contributed by atoms with Crippen LogP contribution in [0.5, 0.6) is 0 Å². The zero-order valence-electron chi connectivity index (χ0n) is 13.4. The van der Waals surface area contributed by atoms with Gasteiger partial charge in [-0.2, -0.15) is 4.72 Å². The number of hydrogen-bond donors (Lipinski definition) is 3. The van der Waals surface area contributed by atoms with Gasteiger partial charge in [0.1, 0.15) is 4.21 Å². The fraction of sp³-hybridized carbons (Fsp3) is 0.250. The van der Waals surface area contributed by atoms with Gasteiger partial charge < -0.3 is 10.4 Å². The van der Waals surface area contributed by atoms with E-state index in [2.05, 4.69) is 10.0 Å². The first-order valence-corrected chi connectivity index (χ1v) is 9.81. The summed E-state index contributed by atoms with van der Waals surface area (Å²) in [4.78, 5) is 22.9. The van der Waals surface area contributed by atoms with Crippen molar-refractivity contribution in [3.05, 3.63) is 52.9 Å². The van der Waals surface area contributed by atoms with Crippen LogP contribution in [0.3, 0.4) is 0 Å². The molecule has 0 fully saturated rings. The molecule has 1 amide bonds. The number of sulfonamides is 1. The monoisotopic (exact) mass is 382 g/mol. The number of thiophene rings is 1. The van der Waals surface area contributed by atoms with Crippen LogP contribution in [0, 0.1) is 0 Å². The van der Waals surface area contributed by atoms with Crippen LogP contribution >= 0.6 is 11.3 Å². The average Bonchev–Trinajstić information content (AvgIpc) is 3.10. The molecule has 0 radical (unpaired) electrons. The quantitative estimate of drug-likeness (QED) is 0.640. The first kappa shape index (κ1) is 19.1. The molecule has 2 rings (SSSR count). The molecule has 0 spiro atoms. The average molecular weight is 382 g/mol. The lowest BCUT2D eigenvalue weighted by atomic mass is 10.1. The first-order chi connectivity index (χ1) is 11.8. The number of carboxylic acids is 1. The van der Waals surface area contributed by atoms with Crippen molar-refractivity contribution >= 4 is 33.2 Å². The van der Waals surface area contributed by atoms with Gasteiger partial charge in [0, 0.05) is 6.54 Å².